The molecule has 1 fully saturated rings. The van der Waals surface area contributed by atoms with Crippen molar-refractivity contribution in [2.75, 3.05) is 20.6 Å². The van der Waals surface area contributed by atoms with Crippen LogP contribution in [-0.4, -0.2) is 45.4 Å². The number of hydrogen-bond donors (Lipinski definition) is 0. The third kappa shape index (κ3) is 3.76. The fourth-order valence-electron chi connectivity index (χ4n) is 3.32. The molecule has 0 unspecified atom stereocenters. The first-order valence-electron chi connectivity index (χ1n) is 8.35. The smallest absolute Gasteiger partial charge is 0.146 e. The Bertz CT molecular complexity index is 704. The molecule has 2 aromatic heterocycles. The van der Waals surface area contributed by atoms with Crippen LogP contribution >= 0.6 is 0 Å². The third-order valence-electron chi connectivity index (χ3n) is 4.37. The summed E-state index contributed by atoms with van der Waals surface area (Å²) >= 11 is 0. The van der Waals surface area contributed by atoms with Crippen LogP contribution in [0.1, 0.15) is 41.7 Å². The summed E-state index contributed by atoms with van der Waals surface area (Å²) in [7, 11) is 4.08. The Hall–Kier alpha value is -1.92. The van der Waals surface area contributed by atoms with Crippen molar-refractivity contribution in [1.29, 1.82) is 0 Å². The number of aromatic nitrogens is 3. The average Bonchev–Trinajstić information content (AvgIpc) is 2.99. The van der Waals surface area contributed by atoms with Crippen LogP contribution in [0.25, 0.3) is 0 Å². The molecule has 0 N–H and O–H groups in total. The van der Waals surface area contributed by atoms with E-state index in [1.165, 1.54) is 6.07 Å². The molecule has 0 spiro atoms. The molecule has 6 heteroatoms. The minimum absolute atomic E-state index is 0.197. The van der Waals surface area contributed by atoms with Crippen LogP contribution in [0.15, 0.2) is 24.5 Å². The molecule has 1 atom stereocenters. The van der Waals surface area contributed by atoms with Crippen LogP contribution < -0.4 is 0 Å². The molecule has 3 rings (SSSR count). The lowest BCUT2D eigenvalue weighted by molar-refractivity contribution is 0.234. The Balaban J connectivity index is 1.88. The molecule has 2 aromatic rings. The third-order valence-corrected chi connectivity index (χ3v) is 4.37. The normalized spacial score (nSPS) is 18.5. The first kappa shape index (κ1) is 16.9. The molecule has 0 aliphatic carbocycles. The Kier molecular flexibility index (Phi) is 5.16. The monoisotopic (exact) mass is 329 g/mol. The summed E-state index contributed by atoms with van der Waals surface area (Å²) in [5.41, 5.74) is 2.72. The SMILES string of the molecule is Cc1ncc(CN(C)C)c([C@H]2CCCN2Cc2ncccc2F)n1. The van der Waals surface area contributed by atoms with Crippen molar-refractivity contribution < 1.29 is 4.39 Å². The lowest BCUT2D eigenvalue weighted by Gasteiger charge is -2.26. The van der Waals surface area contributed by atoms with E-state index in [1.54, 1.807) is 12.3 Å². The summed E-state index contributed by atoms with van der Waals surface area (Å²) in [4.78, 5) is 17.7. The molecule has 1 aliphatic rings. The van der Waals surface area contributed by atoms with Gasteiger partial charge >= 0.3 is 0 Å². The molecule has 1 aliphatic heterocycles. The van der Waals surface area contributed by atoms with Crippen LogP contribution in [0.5, 0.6) is 0 Å². The van der Waals surface area contributed by atoms with Gasteiger partial charge in [-0.05, 0) is 52.5 Å². The maximum absolute atomic E-state index is 14.0. The lowest BCUT2D eigenvalue weighted by atomic mass is 10.1. The Morgan fingerprint density at radius 3 is 2.92 bits per heavy atom. The molecule has 0 bridgehead atoms. The van der Waals surface area contributed by atoms with Crippen LogP contribution in [-0.2, 0) is 13.1 Å². The van der Waals surface area contributed by atoms with Crippen LogP contribution in [0.2, 0.25) is 0 Å². The van der Waals surface area contributed by atoms with Crippen molar-refractivity contribution in [3.05, 3.63) is 53.1 Å². The molecule has 3 heterocycles. The highest BCUT2D eigenvalue weighted by Gasteiger charge is 2.30. The summed E-state index contributed by atoms with van der Waals surface area (Å²) in [6, 6.07) is 3.30. The molecule has 1 saturated heterocycles. The van der Waals surface area contributed by atoms with E-state index >= 15 is 0 Å². The number of pyridine rings is 1. The number of nitrogens with zero attached hydrogens (tertiary/aromatic N) is 5. The predicted molar refractivity (Wildman–Crippen MR) is 90.7 cm³/mol. The fourth-order valence-corrected chi connectivity index (χ4v) is 3.32. The molecule has 0 saturated carbocycles. The maximum Gasteiger partial charge on any atom is 0.146 e. The zero-order valence-corrected chi connectivity index (χ0v) is 14.5. The first-order chi connectivity index (χ1) is 11.5. The molecule has 128 valence electrons. The van der Waals surface area contributed by atoms with Gasteiger partial charge in [-0.1, -0.05) is 0 Å². The van der Waals surface area contributed by atoms with Gasteiger partial charge in [0.25, 0.3) is 0 Å². The Morgan fingerprint density at radius 2 is 2.17 bits per heavy atom. The van der Waals surface area contributed by atoms with Crippen molar-refractivity contribution in [3.8, 4) is 0 Å². The van der Waals surface area contributed by atoms with E-state index in [4.69, 9.17) is 4.98 Å². The molecule has 0 radical (unpaired) electrons. The van der Waals surface area contributed by atoms with Gasteiger partial charge < -0.3 is 4.90 Å². The summed E-state index contributed by atoms with van der Waals surface area (Å²) in [5.74, 6) is 0.541. The molecule has 24 heavy (non-hydrogen) atoms. The van der Waals surface area contributed by atoms with Gasteiger partial charge in [0.1, 0.15) is 11.6 Å². The second kappa shape index (κ2) is 7.32. The van der Waals surface area contributed by atoms with E-state index in [9.17, 15) is 4.39 Å². The second-order valence-corrected chi connectivity index (χ2v) is 6.63. The van der Waals surface area contributed by atoms with Crippen molar-refractivity contribution in [2.24, 2.45) is 0 Å². The quantitative estimate of drug-likeness (QED) is 0.844. The van der Waals surface area contributed by atoms with E-state index in [1.807, 2.05) is 27.2 Å². The molecule has 0 aromatic carbocycles. The molecular weight excluding hydrogens is 305 g/mol. The van der Waals surface area contributed by atoms with E-state index in [0.29, 0.717) is 12.2 Å². The van der Waals surface area contributed by atoms with Gasteiger partial charge in [-0.25, -0.2) is 14.4 Å². The standard InChI is InChI=1S/C18H24FN5/c1-13-21-10-14(11-23(2)3)18(22-13)17-7-5-9-24(17)12-16-15(19)6-4-8-20-16/h4,6,8,10,17H,5,7,9,11-12H2,1-3H3/t17-/m1/s1. The number of aryl methyl sites for hydroxylation is 1. The van der Waals surface area contributed by atoms with Gasteiger partial charge in [0.2, 0.25) is 0 Å². The van der Waals surface area contributed by atoms with Gasteiger partial charge in [-0.2, -0.15) is 0 Å². The fraction of sp³-hybridized carbons (Fsp3) is 0.500. The van der Waals surface area contributed by atoms with Crippen molar-refractivity contribution >= 4 is 0 Å². The van der Waals surface area contributed by atoms with Gasteiger partial charge in [-0.15, -0.1) is 0 Å². The van der Waals surface area contributed by atoms with Crippen LogP contribution in [0.4, 0.5) is 4.39 Å². The summed E-state index contributed by atoms with van der Waals surface area (Å²) in [6.45, 7) is 4.17. The summed E-state index contributed by atoms with van der Waals surface area (Å²) in [6.07, 6.45) is 5.69. The highest BCUT2D eigenvalue weighted by atomic mass is 19.1. The van der Waals surface area contributed by atoms with Crippen LogP contribution in [0, 0.1) is 12.7 Å². The van der Waals surface area contributed by atoms with Gasteiger partial charge in [0, 0.05) is 31.0 Å². The zero-order chi connectivity index (χ0) is 17.1. The number of rotatable bonds is 5. The predicted octanol–water partition coefficient (Wildman–Crippen LogP) is 2.72. The Morgan fingerprint density at radius 1 is 1.33 bits per heavy atom. The van der Waals surface area contributed by atoms with Crippen molar-refractivity contribution in [2.45, 2.75) is 38.9 Å². The number of hydrogen-bond acceptors (Lipinski definition) is 5. The largest absolute Gasteiger partial charge is 0.305 e. The van der Waals surface area contributed by atoms with Gasteiger partial charge in [-0.3, -0.25) is 9.88 Å². The minimum Gasteiger partial charge on any atom is -0.305 e. The highest BCUT2D eigenvalue weighted by Crippen LogP contribution is 2.34. The molecule has 0 amide bonds. The molecular formula is C18H24FN5. The van der Waals surface area contributed by atoms with Crippen LogP contribution in [0.3, 0.4) is 0 Å². The van der Waals surface area contributed by atoms with Crippen molar-refractivity contribution in [1.82, 2.24) is 24.8 Å². The number of halogens is 1. The second-order valence-electron chi connectivity index (χ2n) is 6.63. The summed E-state index contributed by atoms with van der Waals surface area (Å²) < 4.78 is 14.0. The molecule has 5 nitrogen and oxygen atoms in total. The number of likely N-dealkylation sites (tertiary alicyclic amines) is 1. The van der Waals surface area contributed by atoms with E-state index in [-0.39, 0.29) is 11.9 Å². The first-order valence-corrected chi connectivity index (χ1v) is 8.35. The van der Waals surface area contributed by atoms with E-state index in [2.05, 4.69) is 19.8 Å². The zero-order valence-electron chi connectivity index (χ0n) is 14.5. The topological polar surface area (TPSA) is 45.2 Å². The van der Waals surface area contributed by atoms with E-state index in [0.717, 1.165) is 43.0 Å². The van der Waals surface area contributed by atoms with Gasteiger partial charge in [0.05, 0.1) is 17.4 Å². The van der Waals surface area contributed by atoms with Gasteiger partial charge in [0.15, 0.2) is 0 Å². The lowest BCUT2D eigenvalue weighted by Crippen LogP contribution is -2.26. The average molecular weight is 329 g/mol. The van der Waals surface area contributed by atoms with Crippen molar-refractivity contribution in [3.63, 3.8) is 0 Å². The maximum atomic E-state index is 14.0. The summed E-state index contributed by atoms with van der Waals surface area (Å²) in [5, 5.41) is 0. The minimum atomic E-state index is -0.240. The highest BCUT2D eigenvalue weighted by molar-refractivity contribution is 5.22. The Labute approximate surface area is 142 Å². The van der Waals surface area contributed by atoms with E-state index < -0.39 is 0 Å².